The van der Waals surface area contributed by atoms with E-state index in [0.717, 1.165) is 45.1 Å². The van der Waals surface area contributed by atoms with Gasteiger partial charge in [0.15, 0.2) is 19.7 Å². The highest BCUT2D eigenvalue weighted by Gasteiger charge is 2.50. The van der Waals surface area contributed by atoms with Crippen molar-refractivity contribution in [3.8, 4) is 17.2 Å². The van der Waals surface area contributed by atoms with Crippen molar-refractivity contribution in [1.29, 1.82) is 0 Å². The topological polar surface area (TPSA) is 382 Å². The number of unbranched alkanes of at least 4 members (excludes halogenated alkanes) is 2. The maximum atomic E-state index is 13.0. The predicted molar refractivity (Wildman–Crippen MR) is 410 cm³/mol. The van der Waals surface area contributed by atoms with Crippen molar-refractivity contribution >= 4 is 128 Å². The molecular formula is C70H79BrCl2F9N9O18S5. The lowest BCUT2D eigenvalue weighted by molar-refractivity contribution is -0.275. The van der Waals surface area contributed by atoms with E-state index in [1.807, 2.05) is 6.92 Å². The van der Waals surface area contributed by atoms with Gasteiger partial charge in [0.2, 0.25) is 29.1 Å². The van der Waals surface area contributed by atoms with Crippen molar-refractivity contribution in [3.63, 3.8) is 0 Å². The maximum absolute atomic E-state index is 13.0. The smallest absolute Gasteiger partial charge is 0.406 e. The summed E-state index contributed by atoms with van der Waals surface area (Å²) in [6, 6.07) is 25.0. The number of sulfonamides is 2. The lowest BCUT2D eigenvalue weighted by Crippen LogP contribution is -2.50. The van der Waals surface area contributed by atoms with Crippen LogP contribution in [0.25, 0.3) is 6.08 Å². The van der Waals surface area contributed by atoms with Crippen molar-refractivity contribution in [2.45, 2.75) is 124 Å². The largest absolute Gasteiger partial charge is 0.573 e. The molecular weight excluding hydrogens is 1740 g/mol. The fraction of sp³-hybridized carbons (Fsp3) is 0.429. The molecule has 6 aliphatic heterocycles. The van der Waals surface area contributed by atoms with Gasteiger partial charge in [0.05, 0.1) is 27.0 Å². The Morgan fingerprint density at radius 2 is 0.877 bits per heavy atom. The molecule has 0 bridgehead atoms. The van der Waals surface area contributed by atoms with Crippen molar-refractivity contribution in [2.24, 2.45) is 15.0 Å². The third-order valence-corrected chi connectivity index (χ3v) is 27.0. The van der Waals surface area contributed by atoms with E-state index in [0.29, 0.717) is 79.0 Å². The molecule has 0 radical (unpaired) electrons. The lowest BCUT2D eigenvalue weighted by atomic mass is 9.89. The first-order chi connectivity index (χ1) is 53.1. The van der Waals surface area contributed by atoms with E-state index in [-0.39, 0.29) is 128 Å². The van der Waals surface area contributed by atoms with Gasteiger partial charge < -0.3 is 45.7 Å². The highest BCUT2D eigenvalue weighted by Crippen LogP contribution is 2.37. The number of aryl methyl sites for hydroxylation is 2. The first kappa shape index (κ1) is 93.5. The number of aliphatic imine (C=N–C) groups is 3. The number of ether oxygens (including phenoxy) is 3. The number of alkyl halides is 10. The van der Waals surface area contributed by atoms with Crippen LogP contribution >= 0.6 is 38.2 Å². The average molecular weight is 1820 g/mol. The van der Waals surface area contributed by atoms with Gasteiger partial charge >= 0.3 is 19.1 Å². The number of piperidine rings is 3. The van der Waals surface area contributed by atoms with Crippen molar-refractivity contribution in [2.75, 3.05) is 75.6 Å². The maximum Gasteiger partial charge on any atom is 0.573 e. The summed E-state index contributed by atoms with van der Waals surface area (Å²) in [6.07, 6.45) is -9.77. The van der Waals surface area contributed by atoms with E-state index < -0.39 is 108 Å². The second-order valence-corrected chi connectivity index (χ2v) is 38.1. The van der Waals surface area contributed by atoms with E-state index in [4.69, 9.17) is 32.5 Å². The van der Waals surface area contributed by atoms with E-state index in [1.54, 1.807) is 31.2 Å². The number of amidine groups is 3. The molecule has 0 aromatic heterocycles. The minimum absolute atomic E-state index is 0.0158. The van der Waals surface area contributed by atoms with Crippen LogP contribution in [0.4, 0.5) is 39.5 Å². The minimum Gasteiger partial charge on any atom is -0.406 e. The first-order valence-corrected chi connectivity index (χ1v) is 44.6. The van der Waals surface area contributed by atoms with E-state index >= 15 is 0 Å². The van der Waals surface area contributed by atoms with Crippen molar-refractivity contribution in [3.05, 3.63) is 164 Å². The van der Waals surface area contributed by atoms with Gasteiger partial charge in [0, 0.05) is 87.9 Å². The number of amides is 3. The molecule has 5 aromatic carbocycles. The molecule has 44 heteroatoms. The molecule has 3 amide bonds. The highest BCUT2D eigenvalue weighted by atomic mass is 79.9. The minimum atomic E-state index is -4.88. The Kier molecular flexibility index (Phi) is 32.1. The normalized spacial score (nSPS) is 17.8. The SMILES string of the molecule is C=CS(=O)(=O)N1CCC2(CC1)N=C(c1cccc(OC(F)(F)F)c1)NC2=O.Cc1cc(S(=O)(=O)CCCCO)ccc1/C=C/S(=O)(=O)N1CCC2(CC1)N=C(c1cccc(OC(F)(F)F)c1)NC2=O.Cc1cc(S(=O)(=O)CCCCO)ccc1Br.O=C1NC(c2cccc(OC(F)(F)F)c2)=NC12CCNCC2.O=S(=O)(Cl)CCCl. The molecule has 0 saturated carbocycles. The molecule has 3 spiro atoms. The fourth-order valence-corrected chi connectivity index (χ4v) is 18.4. The molecule has 0 unspecified atom stereocenters. The number of nitrogens with zero attached hydrogens (tertiary/aromatic N) is 5. The molecule has 626 valence electrons. The molecule has 3 saturated heterocycles. The van der Waals surface area contributed by atoms with Gasteiger partial charge in [0.1, 0.15) is 51.4 Å². The summed E-state index contributed by atoms with van der Waals surface area (Å²) in [7, 11) is -12.8. The number of halogens is 12. The molecule has 0 atom stereocenters. The quantitative estimate of drug-likeness (QED) is 0.0153. The average Bonchev–Trinajstić information content (AvgIpc) is 1.58. The fourth-order valence-electron chi connectivity index (χ4n) is 11.9. The van der Waals surface area contributed by atoms with Gasteiger partial charge in [-0.05, 0) is 181 Å². The number of benzene rings is 5. The number of carbonyl (C=O) groups is 3. The zero-order valence-electron chi connectivity index (χ0n) is 60.6. The van der Waals surface area contributed by atoms with Gasteiger partial charge in [-0.2, -0.15) is 8.61 Å². The summed E-state index contributed by atoms with van der Waals surface area (Å²) >= 11 is 8.35. The van der Waals surface area contributed by atoms with Crippen LogP contribution in [0.3, 0.4) is 0 Å². The Labute approximate surface area is 670 Å². The second-order valence-electron chi connectivity index (χ2n) is 26.0. The van der Waals surface area contributed by atoms with Crippen molar-refractivity contribution in [1.82, 2.24) is 29.9 Å². The standard InChI is InChI=1S/C27H30F3N3O7S2.C16H16F3N3O4S.C14H14F3N3O2.C11H15BrO3S.C2H4Cl2O2S/c1-19-17-23(41(36,37)15-3-2-14-34)8-7-20(19)9-16-42(38,39)33-12-10-26(11-13-33)25(35)31-24(32-26)21-5-4-6-22(18-21)40-27(28,29)30;1-2-27(24,25)22-8-6-15(7-9-22)14(23)20-13(21-15)11-4-3-5-12(10-11)26-16(17,18)19;15-14(16,17)22-10-3-1-2-9(8-10)11-19-12(21)13(20-11)4-6-18-7-5-13;1-9-8-10(4-5-11(9)12)16(14,15)7-3-2-6-13;3-1-2-7(4,5)6/h4-9,16-18,34H,2-3,10-15H2,1H3,(H,31,32,35);2-5,10H,1,6-9H2,(H,20,21,23);1-3,8,18H,4-7H2,(H,19,20,21);4-5,8,13H,2-3,6-7H2,1H3;1-2H2/b16-9+;;;;. The Balaban J connectivity index is 0.000000216. The predicted octanol–water partition coefficient (Wildman–Crippen LogP) is 9.60. The number of carbonyl (C=O) groups excluding carboxylic acids is 3. The van der Waals surface area contributed by atoms with Gasteiger partial charge in [-0.15, -0.1) is 51.1 Å². The third kappa shape index (κ3) is 27.0. The number of rotatable bonds is 23. The van der Waals surface area contributed by atoms with Crippen LogP contribution < -0.4 is 35.5 Å². The Bertz CT molecular complexity index is 5040. The molecule has 3 fully saturated rings. The van der Waals surface area contributed by atoms with Crippen LogP contribution in [0.5, 0.6) is 17.2 Å². The Hall–Kier alpha value is -7.62. The Morgan fingerprint density at radius 3 is 1.20 bits per heavy atom. The number of hydrogen-bond acceptors (Lipinski definition) is 22. The number of aliphatic hydroxyl groups is 2. The molecule has 5 aromatic rings. The molecule has 6 N–H and O–H groups in total. The number of hydrogen-bond donors (Lipinski definition) is 6. The monoisotopic (exact) mass is 1810 g/mol. The van der Waals surface area contributed by atoms with Gasteiger partial charge in [0.25, 0.3) is 17.7 Å². The van der Waals surface area contributed by atoms with E-state index in [9.17, 15) is 96.0 Å². The summed E-state index contributed by atoms with van der Waals surface area (Å²) in [6.45, 7) is 8.26. The molecule has 6 heterocycles. The summed E-state index contributed by atoms with van der Waals surface area (Å²) < 4.78 is 245. The van der Waals surface area contributed by atoms with Crippen LogP contribution in [0.1, 0.15) is 97.6 Å². The number of aliphatic hydroxyl groups excluding tert-OH is 2. The second kappa shape index (κ2) is 39.1. The van der Waals surface area contributed by atoms with Gasteiger partial charge in [-0.25, -0.2) is 42.1 Å². The highest BCUT2D eigenvalue weighted by molar-refractivity contribution is 9.10. The Morgan fingerprint density at radius 1 is 0.518 bits per heavy atom. The van der Waals surface area contributed by atoms with E-state index in [2.05, 4.69) is 73.0 Å². The third-order valence-electron chi connectivity index (χ3n) is 17.9. The van der Waals surface area contributed by atoms with Gasteiger partial charge in [-0.1, -0.05) is 65.0 Å². The van der Waals surface area contributed by atoms with Crippen LogP contribution in [-0.2, 0) is 63.2 Å². The van der Waals surface area contributed by atoms with Gasteiger partial charge in [-0.3, -0.25) is 29.4 Å². The molecule has 11 rings (SSSR count). The molecule has 6 aliphatic rings. The molecule has 114 heavy (non-hydrogen) atoms. The molecule has 0 aliphatic carbocycles. The summed E-state index contributed by atoms with van der Waals surface area (Å²) in [4.78, 5) is 51.2. The van der Waals surface area contributed by atoms with Crippen LogP contribution in [0, 0.1) is 13.8 Å². The number of sulfone groups is 2. The summed E-state index contributed by atoms with van der Waals surface area (Å²) in [5.41, 5.74) is -0.318. The lowest BCUT2D eigenvalue weighted by Gasteiger charge is -2.34. The van der Waals surface area contributed by atoms with Crippen LogP contribution in [0.15, 0.2) is 156 Å². The van der Waals surface area contributed by atoms with Crippen LogP contribution in [-0.4, -0.2) is 207 Å². The van der Waals surface area contributed by atoms with E-state index in [1.165, 1.54) is 75.4 Å². The summed E-state index contributed by atoms with van der Waals surface area (Å²) in [5.74, 6) is -1.90. The zero-order chi connectivity index (χ0) is 84.5. The van der Waals surface area contributed by atoms with Crippen molar-refractivity contribution < 1.29 is 120 Å². The molecule has 27 nitrogen and oxygen atoms in total. The zero-order valence-corrected chi connectivity index (χ0v) is 67.8. The van der Waals surface area contributed by atoms with Crippen LogP contribution in [0.2, 0.25) is 0 Å². The summed E-state index contributed by atoms with van der Waals surface area (Å²) in [5, 5.41) is 30.4. The number of nitrogens with one attached hydrogen (secondary N) is 4. The first-order valence-electron chi connectivity index (χ1n) is 34.5.